The van der Waals surface area contributed by atoms with Crippen molar-refractivity contribution in [3.05, 3.63) is 0 Å². The zero-order chi connectivity index (χ0) is 12.6. The van der Waals surface area contributed by atoms with Crippen LogP contribution in [0.1, 0.15) is 39.0 Å². The van der Waals surface area contributed by atoms with Gasteiger partial charge in [-0.3, -0.25) is 4.79 Å². The Kier molecular flexibility index (Phi) is 7.12. The third-order valence-corrected chi connectivity index (χ3v) is 2.18. The first kappa shape index (κ1) is 15.2. The highest BCUT2D eigenvalue weighted by atomic mass is 19.4. The van der Waals surface area contributed by atoms with Crippen molar-refractivity contribution in [2.24, 2.45) is 5.73 Å². The molecule has 0 rings (SSSR count). The van der Waals surface area contributed by atoms with E-state index in [4.69, 9.17) is 5.73 Å². The van der Waals surface area contributed by atoms with Gasteiger partial charge in [0.2, 0.25) is 5.91 Å². The minimum Gasteiger partial charge on any atom is -0.356 e. The summed E-state index contributed by atoms with van der Waals surface area (Å²) in [6.45, 7) is 2.16. The first-order valence-corrected chi connectivity index (χ1v) is 5.44. The van der Waals surface area contributed by atoms with Crippen LogP contribution in [0.5, 0.6) is 0 Å². The molecule has 96 valence electrons. The zero-order valence-corrected chi connectivity index (χ0v) is 9.44. The van der Waals surface area contributed by atoms with Gasteiger partial charge >= 0.3 is 6.18 Å². The first-order valence-electron chi connectivity index (χ1n) is 5.44. The number of nitrogens with two attached hydrogens (primary N) is 1. The molecular formula is C10H19F3N2O. The molecule has 0 aromatic carbocycles. The van der Waals surface area contributed by atoms with Gasteiger partial charge < -0.3 is 11.1 Å². The Labute approximate surface area is 93.6 Å². The van der Waals surface area contributed by atoms with Crippen LogP contribution < -0.4 is 11.1 Å². The summed E-state index contributed by atoms with van der Waals surface area (Å²) in [5.41, 5.74) is 5.55. The molecule has 0 saturated carbocycles. The maximum Gasteiger partial charge on any atom is 0.389 e. The van der Waals surface area contributed by atoms with Gasteiger partial charge in [0.25, 0.3) is 0 Å². The van der Waals surface area contributed by atoms with Crippen LogP contribution in [0.15, 0.2) is 0 Å². The molecular weight excluding hydrogens is 221 g/mol. The van der Waals surface area contributed by atoms with Gasteiger partial charge in [-0.15, -0.1) is 0 Å². The second kappa shape index (κ2) is 7.49. The lowest BCUT2D eigenvalue weighted by molar-refractivity contribution is -0.135. The summed E-state index contributed by atoms with van der Waals surface area (Å²) in [5.74, 6) is -0.193. The molecule has 0 bridgehead atoms. The van der Waals surface area contributed by atoms with E-state index in [1.165, 1.54) is 0 Å². The van der Waals surface area contributed by atoms with Gasteiger partial charge in [-0.05, 0) is 19.3 Å². The third kappa shape index (κ3) is 9.76. The fraction of sp³-hybridized carbons (Fsp3) is 0.900. The highest BCUT2D eigenvalue weighted by Crippen LogP contribution is 2.21. The Morgan fingerprint density at radius 1 is 1.38 bits per heavy atom. The zero-order valence-electron chi connectivity index (χ0n) is 9.44. The Bertz CT molecular complexity index is 207. The number of carbonyl (C=O) groups excluding carboxylic acids is 1. The predicted molar refractivity (Wildman–Crippen MR) is 55.8 cm³/mol. The van der Waals surface area contributed by atoms with Crippen LogP contribution in [-0.4, -0.2) is 24.7 Å². The van der Waals surface area contributed by atoms with Crippen molar-refractivity contribution in [1.82, 2.24) is 5.32 Å². The van der Waals surface area contributed by atoms with Crippen LogP contribution in [-0.2, 0) is 4.79 Å². The number of nitrogens with one attached hydrogen (secondary N) is 1. The predicted octanol–water partition coefficient (Wildman–Crippen LogP) is 1.96. The molecule has 0 radical (unpaired) electrons. The van der Waals surface area contributed by atoms with Gasteiger partial charge in [0.05, 0.1) is 0 Å². The van der Waals surface area contributed by atoms with Crippen molar-refractivity contribution in [3.63, 3.8) is 0 Å². The van der Waals surface area contributed by atoms with Gasteiger partial charge in [-0.1, -0.05) is 6.92 Å². The molecule has 0 spiro atoms. The summed E-state index contributed by atoms with van der Waals surface area (Å²) in [5, 5.41) is 2.55. The van der Waals surface area contributed by atoms with Crippen molar-refractivity contribution in [2.75, 3.05) is 6.54 Å². The maximum absolute atomic E-state index is 11.8. The molecule has 6 heteroatoms. The summed E-state index contributed by atoms with van der Waals surface area (Å²) in [7, 11) is 0. The van der Waals surface area contributed by atoms with Gasteiger partial charge in [-0.25, -0.2) is 0 Å². The molecule has 0 saturated heterocycles. The topological polar surface area (TPSA) is 55.1 Å². The van der Waals surface area contributed by atoms with Crippen LogP contribution in [0, 0.1) is 0 Å². The van der Waals surface area contributed by atoms with E-state index in [0.29, 0.717) is 12.8 Å². The molecule has 1 amide bonds. The number of halogens is 3. The van der Waals surface area contributed by atoms with E-state index in [9.17, 15) is 18.0 Å². The third-order valence-electron chi connectivity index (χ3n) is 2.18. The number of rotatable bonds is 7. The van der Waals surface area contributed by atoms with Crippen LogP contribution in [0.4, 0.5) is 13.2 Å². The second-order valence-electron chi connectivity index (χ2n) is 3.79. The number of unbranched alkanes of at least 4 members (excludes halogenated alkanes) is 1. The van der Waals surface area contributed by atoms with Gasteiger partial charge in [-0.2, -0.15) is 13.2 Å². The summed E-state index contributed by atoms with van der Waals surface area (Å²) in [6, 6.07) is -0.171. The Morgan fingerprint density at radius 3 is 2.50 bits per heavy atom. The van der Waals surface area contributed by atoms with Crippen LogP contribution in [0.2, 0.25) is 0 Å². The van der Waals surface area contributed by atoms with Crippen molar-refractivity contribution in [3.8, 4) is 0 Å². The normalized spacial score (nSPS) is 13.6. The van der Waals surface area contributed by atoms with E-state index >= 15 is 0 Å². The largest absolute Gasteiger partial charge is 0.389 e. The number of hydrogen-bond donors (Lipinski definition) is 2. The first-order chi connectivity index (χ1) is 7.35. The number of carbonyl (C=O) groups is 1. The summed E-state index contributed by atoms with van der Waals surface area (Å²) >= 11 is 0. The fourth-order valence-electron chi connectivity index (χ4n) is 1.13. The lowest BCUT2D eigenvalue weighted by atomic mass is 10.1. The van der Waals surface area contributed by atoms with Crippen molar-refractivity contribution in [2.45, 2.75) is 51.2 Å². The maximum atomic E-state index is 11.8. The van der Waals surface area contributed by atoms with E-state index in [1.54, 1.807) is 0 Å². The molecule has 1 atom stereocenters. The second-order valence-corrected chi connectivity index (χ2v) is 3.79. The summed E-state index contributed by atoms with van der Waals surface area (Å²) in [4.78, 5) is 11.2. The van der Waals surface area contributed by atoms with E-state index < -0.39 is 12.6 Å². The van der Waals surface area contributed by atoms with Crippen LogP contribution >= 0.6 is 0 Å². The molecule has 0 heterocycles. The molecule has 0 aliphatic rings. The van der Waals surface area contributed by atoms with E-state index in [1.807, 2.05) is 6.92 Å². The SMILES string of the molecule is CCC(N)CC(=O)NCCCCC(F)(F)F. The monoisotopic (exact) mass is 240 g/mol. The lowest BCUT2D eigenvalue weighted by Crippen LogP contribution is -2.31. The number of hydrogen-bond acceptors (Lipinski definition) is 2. The van der Waals surface area contributed by atoms with Crippen molar-refractivity contribution in [1.29, 1.82) is 0 Å². The summed E-state index contributed by atoms with van der Waals surface area (Å²) < 4.78 is 35.3. The smallest absolute Gasteiger partial charge is 0.356 e. The minimum absolute atomic E-state index is 0.0452. The molecule has 0 aliphatic carbocycles. The average molecular weight is 240 g/mol. The average Bonchev–Trinajstić information content (AvgIpc) is 2.15. The van der Waals surface area contributed by atoms with Crippen molar-refractivity contribution >= 4 is 5.91 Å². The van der Waals surface area contributed by atoms with Gasteiger partial charge in [0.1, 0.15) is 0 Å². The molecule has 0 aromatic heterocycles. The van der Waals surface area contributed by atoms with Crippen LogP contribution in [0.3, 0.4) is 0 Å². The number of alkyl halides is 3. The Hall–Kier alpha value is -0.780. The Balaban J connectivity index is 3.42. The summed E-state index contributed by atoms with van der Waals surface area (Å²) in [6.07, 6.45) is -3.57. The van der Waals surface area contributed by atoms with Crippen LogP contribution in [0.25, 0.3) is 0 Å². The standard InChI is InChI=1S/C10H19F3N2O/c1-2-8(14)7-9(16)15-6-4-3-5-10(11,12)13/h8H,2-7,14H2,1H3,(H,15,16). The van der Waals surface area contributed by atoms with Crippen molar-refractivity contribution < 1.29 is 18.0 Å². The van der Waals surface area contributed by atoms with E-state index in [-0.39, 0.29) is 31.3 Å². The Morgan fingerprint density at radius 2 is 2.00 bits per heavy atom. The minimum atomic E-state index is -4.10. The molecule has 1 unspecified atom stereocenters. The van der Waals surface area contributed by atoms with E-state index in [2.05, 4.69) is 5.32 Å². The molecule has 0 aromatic rings. The molecule has 3 N–H and O–H groups in total. The molecule has 16 heavy (non-hydrogen) atoms. The number of amides is 1. The van der Waals surface area contributed by atoms with E-state index in [0.717, 1.165) is 0 Å². The quantitative estimate of drug-likeness (QED) is 0.668. The highest BCUT2D eigenvalue weighted by molar-refractivity contribution is 5.76. The molecule has 0 fully saturated rings. The fourth-order valence-corrected chi connectivity index (χ4v) is 1.13. The van der Waals surface area contributed by atoms with Gasteiger partial charge in [0, 0.05) is 25.4 Å². The molecule has 0 aliphatic heterocycles. The van der Waals surface area contributed by atoms with Gasteiger partial charge in [0.15, 0.2) is 0 Å². The lowest BCUT2D eigenvalue weighted by Gasteiger charge is -2.09. The highest BCUT2D eigenvalue weighted by Gasteiger charge is 2.25. The molecule has 3 nitrogen and oxygen atoms in total.